The molecule has 0 amide bonds. The van der Waals surface area contributed by atoms with Crippen molar-refractivity contribution in [3.05, 3.63) is 42.3 Å². The van der Waals surface area contributed by atoms with Crippen LogP contribution < -0.4 is 0 Å². The molecular formula is C12H4Cl6O2. The molecule has 0 unspecified atom stereocenters. The van der Waals surface area contributed by atoms with Gasteiger partial charge in [0.15, 0.2) is 11.5 Å². The summed E-state index contributed by atoms with van der Waals surface area (Å²) in [5, 5.41) is 19.0. The highest BCUT2D eigenvalue weighted by molar-refractivity contribution is 6.49. The molecule has 2 aromatic rings. The van der Waals surface area contributed by atoms with E-state index < -0.39 is 0 Å². The summed E-state index contributed by atoms with van der Waals surface area (Å²) in [5.41, 5.74) is 0.654. The fraction of sp³-hybridized carbons (Fsp3) is 0. The SMILES string of the molecule is Oc1c(Cl)cc(-c2cc(Cl)c(O)c(Cl)c2Cl)c(Cl)c1Cl. The lowest BCUT2D eigenvalue weighted by atomic mass is 10.0. The van der Waals surface area contributed by atoms with Gasteiger partial charge in [0.2, 0.25) is 0 Å². The number of hydrogen-bond acceptors (Lipinski definition) is 2. The Labute approximate surface area is 144 Å². The van der Waals surface area contributed by atoms with Crippen LogP contribution in [0, 0.1) is 0 Å². The van der Waals surface area contributed by atoms with Crippen LogP contribution in [0.3, 0.4) is 0 Å². The van der Waals surface area contributed by atoms with Crippen molar-refractivity contribution < 1.29 is 10.2 Å². The zero-order chi connectivity index (χ0) is 15.2. The van der Waals surface area contributed by atoms with Gasteiger partial charge in [0, 0.05) is 11.1 Å². The average Bonchev–Trinajstić information content (AvgIpc) is 2.42. The Bertz CT molecular complexity index is 653. The average molecular weight is 393 g/mol. The first kappa shape index (κ1) is 16.2. The van der Waals surface area contributed by atoms with Gasteiger partial charge in [-0.3, -0.25) is 0 Å². The third kappa shape index (κ3) is 2.61. The molecule has 0 atom stereocenters. The molecular weight excluding hydrogens is 389 g/mol. The van der Waals surface area contributed by atoms with E-state index in [1.807, 2.05) is 0 Å². The van der Waals surface area contributed by atoms with Crippen LogP contribution in [0.4, 0.5) is 0 Å². The molecule has 0 aliphatic rings. The first-order valence-electron chi connectivity index (χ1n) is 4.99. The second-order valence-corrected chi connectivity index (χ2v) is 6.09. The van der Waals surface area contributed by atoms with Gasteiger partial charge in [-0.1, -0.05) is 69.6 Å². The van der Waals surface area contributed by atoms with Gasteiger partial charge in [-0.05, 0) is 12.1 Å². The van der Waals surface area contributed by atoms with E-state index in [1.54, 1.807) is 0 Å². The number of phenolic OH excluding ortho intramolecular Hbond substituents is 2. The van der Waals surface area contributed by atoms with Crippen molar-refractivity contribution in [1.82, 2.24) is 0 Å². The molecule has 106 valence electrons. The summed E-state index contributed by atoms with van der Waals surface area (Å²) in [6.07, 6.45) is 0. The Hall–Kier alpha value is -0.220. The number of benzene rings is 2. The van der Waals surface area contributed by atoms with E-state index in [1.165, 1.54) is 12.1 Å². The zero-order valence-corrected chi connectivity index (χ0v) is 13.9. The molecule has 0 saturated heterocycles. The van der Waals surface area contributed by atoms with Crippen LogP contribution in [-0.2, 0) is 0 Å². The van der Waals surface area contributed by atoms with Crippen molar-refractivity contribution >= 4 is 69.6 Å². The first-order chi connectivity index (χ1) is 9.25. The largest absolute Gasteiger partial charge is 0.505 e. The summed E-state index contributed by atoms with van der Waals surface area (Å²) in [6.45, 7) is 0. The summed E-state index contributed by atoms with van der Waals surface area (Å²) in [6, 6.07) is 2.74. The molecule has 0 spiro atoms. The highest BCUT2D eigenvalue weighted by atomic mass is 35.5. The number of phenols is 2. The maximum absolute atomic E-state index is 9.61. The van der Waals surface area contributed by atoms with Gasteiger partial charge in [-0.2, -0.15) is 0 Å². The summed E-state index contributed by atoms with van der Waals surface area (Å²) in [4.78, 5) is 0. The van der Waals surface area contributed by atoms with E-state index in [-0.39, 0.29) is 41.6 Å². The van der Waals surface area contributed by atoms with Gasteiger partial charge >= 0.3 is 0 Å². The van der Waals surface area contributed by atoms with Gasteiger partial charge in [0.1, 0.15) is 10.0 Å². The van der Waals surface area contributed by atoms with E-state index in [2.05, 4.69) is 0 Å². The summed E-state index contributed by atoms with van der Waals surface area (Å²) in [5.74, 6) is -0.677. The van der Waals surface area contributed by atoms with Crippen molar-refractivity contribution in [3.63, 3.8) is 0 Å². The number of rotatable bonds is 1. The highest BCUT2D eigenvalue weighted by Gasteiger charge is 2.20. The Balaban J connectivity index is 2.83. The summed E-state index contributed by atoms with van der Waals surface area (Å²) >= 11 is 35.6. The highest BCUT2D eigenvalue weighted by Crippen LogP contribution is 2.49. The second-order valence-electron chi connectivity index (χ2n) is 3.77. The molecule has 0 fully saturated rings. The molecule has 0 saturated carbocycles. The lowest BCUT2D eigenvalue weighted by molar-refractivity contribution is 0.475. The molecule has 2 N–H and O–H groups in total. The lowest BCUT2D eigenvalue weighted by Gasteiger charge is -2.13. The number of aromatic hydroxyl groups is 2. The van der Waals surface area contributed by atoms with E-state index in [9.17, 15) is 10.2 Å². The molecule has 20 heavy (non-hydrogen) atoms. The Morgan fingerprint density at radius 2 is 0.850 bits per heavy atom. The fourth-order valence-corrected chi connectivity index (χ4v) is 2.97. The van der Waals surface area contributed by atoms with Gasteiger partial charge in [-0.25, -0.2) is 0 Å². The Kier molecular flexibility index (Phi) is 4.75. The molecule has 0 aliphatic carbocycles. The third-order valence-corrected chi connectivity index (χ3v) is 4.85. The number of halogens is 6. The maximum Gasteiger partial charge on any atom is 0.154 e. The Morgan fingerprint density at radius 1 is 0.550 bits per heavy atom. The van der Waals surface area contributed by atoms with E-state index in [0.29, 0.717) is 11.1 Å². The van der Waals surface area contributed by atoms with Crippen molar-refractivity contribution in [2.24, 2.45) is 0 Å². The van der Waals surface area contributed by atoms with Gasteiger partial charge in [0.05, 0.1) is 20.1 Å². The van der Waals surface area contributed by atoms with Crippen LogP contribution in [-0.4, -0.2) is 10.2 Å². The van der Waals surface area contributed by atoms with E-state index in [0.717, 1.165) is 0 Å². The van der Waals surface area contributed by atoms with Crippen LogP contribution in [0.5, 0.6) is 11.5 Å². The zero-order valence-electron chi connectivity index (χ0n) is 9.32. The topological polar surface area (TPSA) is 40.5 Å². The third-order valence-electron chi connectivity index (χ3n) is 2.56. The minimum absolute atomic E-state index is 0.00853. The van der Waals surface area contributed by atoms with Crippen molar-refractivity contribution in [2.45, 2.75) is 0 Å². The Morgan fingerprint density at radius 3 is 1.15 bits per heavy atom. The fourth-order valence-electron chi connectivity index (χ4n) is 1.56. The smallest absolute Gasteiger partial charge is 0.154 e. The van der Waals surface area contributed by atoms with Gasteiger partial charge < -0.3 is 10.2 Å². The van der Waals surface area contributed by atoms with Gasteiger partial charge in [-0.15, -0.1) is 0 Å². The summed E-state index contributed by atoms with van der Waals surface area (Å²) in [7, 11) is 0. The standard InChI is InChI=1S/C12H4Cl6O2/c13-5-1-3(7(15)9(17)11(5)19)4-2-6(14)12(20)10(18)8(4)16/h1-2,19-20H. The predicted octanol–water partition coefficient (Wildman–Crippen LogP) is 6.69. The number of hydrogen-bond donors (Lipinski definition) is 2. The maximum atomic E-state index is 9.61. The normalized spacial score (nSPS) is 10.9. The molecule has 2 aromatic carbocycles. The molecule has 2 nitrogen and oxygen atoms in total. The van der Waals surface area contributed by atoms with Crippen LogP contribution in [0.2, 0.25) is 30.1 Å². The van der Waals surface area contributed by atoms with Crippen LogP contribution in [0.1, 0.15) is 0 Å². The minimum Gasteiger partial charge on any atom is -0.505 e. The van der Waals surface area contributed by atoms with Crippen LogP contribution >= 0.6 is 69.6 Å². The monoisotopic (exact) mass is 390 g/mol. The lowest BCUT2D eigenvalue weighted by Crippen LogP contribution is -1.87. The van der Waals surface area contributed by atoms with Crippen LogP contribution in [0.15, 0.2) is 12.1 Å². The molecule has 8 heteroatoms. The van der Waals surface area contributed by atoms with Crippen LogP contribution in [0.25, 0.3) is 11.1 Å². The molecule has 2 rings (SSSR count). The van der Waals surface area contributed by atoms with Crippen molar-refractivity contribution in [2.75, 3.05) is 0 Å². The minimum atomic E-state index is -0.339. The van der Waals surface area contributed by atoms with E-state index >= 15 is 0 Å². The van der Waals surface area contributed by atoms with Crippen molar-refractivity contribution in [1.29, 1.82) is 0 Å². The quantitative estimate of drug-likeness (QED) is 0.531. The van der Waals surface area contributed by atoms with Gasteiger partial charge in [0.25, 0.3) is 0 Å². The molecule has 0 aromatic heterocycles. The molecule has 0 aliphatic heterocycles. The predicted molar refractivity (Wildman–Crippen MR) is 85.3 cm³/mol. The van der Waals surface area contributed by atoms with E-state index in [4.69, 9.17) is 69.6 Å². The second kappa shape index (κ2) is 5.88. The first-order valence-corrected chi connectivity index (χ1v) is 7.25. The molecule has 0 heterocycles. The summed E-state index contributed by atoms with van der Waals surface area (Å²) < 4.78 is 0. The molecule has 0 bridgehead atoms. The molecule has 0 radical (unpaired) electrons. The van der Waals surface area contributed by atoms with Crippen molar-refractivity contribution in [3.8, 4) is 22.6 Å².